The van der Waals surface area contributed by atoms with Crippen LogP contribution in [0, 0.1) is 11.8 Å². The average molecular weight is 801 g/mol. The summed E-state index contributed by atoms with van der Waals surface area (Å²) in [5.74, 6) is -2.56. The number of nitrogens with zero attached hydrogens (tertiary/aromatic N) is 2. The van der Waals surface area contributed by atoms with Crippen LogP contribution in [0.1, 0.15) is 109 Å². The molecule has 3 heterocycles. The molecule has 58 heavy (non-hydrogen) atoms. The molecular weight excluding hydrogens is 737 g/mol. The minimum Gasteiger partial charge on any atom is -0.507 e. The van der Waals surface area contributed by atoms with Gasteiger partial charge in [0.2, 0.25) is 0 Å². The number of piperazine rings is 1. The molecule has 3 N–H and O–H groups in total. The fraction of sp³-hybridized carbons (Fsp3) is 0.596. The number of ether oxygens (including phenoxy) is 3. The summed E-state index contributed by atoms with van der Waals surface area (Å²) in [6.07, 6.45) is 12.7. The summed E-state index contributed by atoms with van der Waals surface area (Å²) in [5.41, 5.74) is 0.462. The molecule has 4 unspecified atom stereocenters. The third-order valence-electron chi connectivity index (χ3n) is 12.9. The summed E-state index contributed by atoms with van der Waals surface area (Å²) in [7, 11) is 0. The van der Waals surface area contributed by atoms with Crippen molar-refractivity contribution in [1.29, 1.82) is 0 Å². The Morgan fingerprint density at radius 2 is 1.55 bits per heavy atom. The first kappa shape index (κ1) is 43.5. The molecule has 1 saturated carbocycles. The molecule has 11 heteroatoms. The van der Waals surface area contributed by atoms with E-state index in [4.69, 9.17) is 14.2 Å². The van der Waals surface area contributed by atoms with Crippen LogP contribution in [0.15, 0.2) is 58.2 Å². The molecule has 0 radical (unpaired) electrons. The molecule has 2 saturated heterocycles. The summed E-state index contributed by atoms with van der Waals surface area (Å²) < 4.78 is 19.6. The molecule has 3 aliphatic carbocycles. The molecule has 1 aromatic rings. The molecule has 1 aromatic carbocycles. The van der Waals surface area contributed by atoms with E-state index in [0.29, 0.717) is 30.5 Å². The third kappa shape index (κ3) is 7.99. The van der Waals surface area contributed by atoms with Gasteiger partial charge in [-0.05, 0) is 93.9 Å². The van der Waals surface area contributed by atoms with E-state index in [-0.39, 0.29) is 72.2 Å². The highest BCUT2D eigenvalue weighted by Gasteiger charge is 2.81. The monoisotopic (exact) mass is 800 g/mol. The number of allylic oxidation sites excluding steroid dienone is 7. The molecule has 7 rings (SSSR count). The quantitative estimate of drug-likeness (QED) is 0.0709. The molecule has 316 valence electrons. The maximum Gasteiger partial charge on any atom is 0.333 e. The average Bonchev–Trinajstić information content (AvgIpc) is 3.32. The van der Waals surface area contributed by atoms with Gasteiger partial charge in [0, 0.05) is 79.8 Å². The Hall–Kier alpha value is -4.03. The number of carbonyl (C=O) groups is 3. The van der Waals surface area contributed by atoms with Crippen LogP contribution in [0.5, 0.6) is 17.2 Å². The van der Waals surface area contributed by atoms with Gasteiger partial charge in [-0.15, -0.1) is 0 Å². The maximum atomic E-state index is 15.0. The summed E-state index contributed by atoms with van der Waals surface area (Å²) >= 11 is 0. The smallest absolute Gasteiger partial charge is 0.333 e. The van der Waals surface area contributed by atoms with Crippen LogP contribution in [0.3, 0.4) is 0 Å². The van der Waals surface area contributed by atoms with Gasteiger partial charge >= 0.3 is 5.97 Å². The summed E-state index contributed by atoms with van der Waals surface area (Å²) in [6, 6.07) is 0. The van der Waals surface area contributed by atoms with Crippen LogP contribution < -0.4 is 4.74 Å². The molecule has 0 amide bonds. The van der Waals surface area contributed by atoms with Crippen molar-refractivity contribution < 1.29 is 43.9 Å². The van der Waals surface area contributed by atoms with Crippen LogP contribution in [0.25, 0.3) is 0 Å². The molecule has 3 fully saturated rings. The zero-order valence-corrected chi connectivity index (χ0v) is 35.8. The Bertz CT molecular complexity index is 1950. The lowest BCUT2D eigenvalue weighted by atomic mass is 9.51. The van der Waals surface area contributed by atoms with Crippen molar-refractivity contribution in [2.75, 3.05) is 52.5 Å². The van der Waals surface area contributed by atoms with E-state index in [1.165, 1.54) is 5.57 Å². The van der Waals surface area contributed by atoms with Gasteiger partial charge in [-0.25, -0.2) is 4.79 Å². The Kier molecular flexibility index (Phi) is 13.0. The number of aromatic hydroxyl groups is 2. The van der Waals surface area contributed by atoms with Crippen molar-refractivity contribution in [2.24, 2.45) is 11.8 Å². The fourth-order valence-electron chi connectivity index (χ4n) is 9.74. The number of benzene rings is 1. The second-order valence-corrected chi connectivity index (χ2v) is 17.9. The highest BCUT2D eigenvalue weighted by Crippen LogP contribution is 2.68. The Labute approximate surface area is 344 Å². The highest BCUT2D eigenvalue weighted by atomic mass is 16.6. The van der Waals surface area contributed by atoms with Gasteiger partial charge < -0.3 is 34.4 Å². The number of carbonyl (C=O) groups excluding carboxylic acids is 3. The van der Waals surface area contributed by atoms with E-state index >= 15 is 0 Å². The van der Waals surface area contributed by atoms with E-state index in [1.807, 2.05) is 46.8 Å². The SMILES string of the molecule is CC(C)=CCC/C(C)=C/Cc1c(O)c(CC=C(C)C)c2c(c1O)C(=O)C1=CC3CC4C(C)(C)OC(C/C=C(/C)C(=O)OCCCN5CCN(CCO)CC5)(C3=O)C14O2. The number of Topliss-reactive ketones (excluding diaryl/α,β-unsaturated/α-hetero) is 2. The molecule has 4 bridgehead atoms. The summed E-state index contributed by atoms with van der Waals surface area (Å²) in [5, 5.41) is 33.0. The number of phenols is 2. The van der Waals surface area contributed by atoms with E-state index in [1.54, 1.807) is 19.1 Å². The Morgan fingerprint density at radius 1 is 0.897 bits per heavy atom. The normalized spacial score (nSPS) is 26.5. The number of ketones is 2. The van der Waals surface area contributed by atoms with Gasteiger partial charge in [-0.1, -0.05) is 47.1 Å². The van der Waals surface area contributed by atoms with Gasteiger partial charge in [0.25, 0.3) is 0 Å². The number of phenolic OH excluding ortho intramolecular Hbond substituents is 2. The van der Waals surface area contributed by atoms with Gasteiger partial charge in [0.15, 0.2) is 22.8 Å². The lowest BCUT2D eigenvalue weighted by molar-refractivity contribution is -0.171. The molecule has 11 nitrogen and oxygen atoms in total. The minimum atomic E-state index is -1.65. The maximum absolute atomic E-state index is 15.0. The second kappa shape index (κ2) is 17.3. The second-order valence-electron chi connectivity index (χ2n) is 17.9. The standard InChI is InChI=1S/C47H64N2O9/c1-29(2)11-9-12-31(5)14-16-34-39(51)35(15-13-30(3)4)42-38(40(34)52)41(53)36-27-33-28-37-45(7,8)58-46(43(33)54,47(36,37)57-42)18-17-32(6)44(55)56-26-10-19-48-20-22-49(23-21-48)24-25-50/h11,13-14,17,27,33,37,50-52H,9-10,12,15-16,18-26,28H2,1-8H3/b31-14+,32-17-. The summed E-state index contributed by atoms with van der Waals surface area (Å²) in [4.78, 5) is 47.5. The van der Waals surface area contributed by atoms with E-state index in [2.05, 4.69) is 29.7 Å². The molecule has 4 atom stereocenters. The van der Waals surface area contributed by atoms with Crippen molar-refractivity contribution in [2.45, 2.75) is 117 Å². The fourth-order valence-corrected chi connectivity index (χ4v) is 9.74. The van der Waals surface area contributed by atoms with Gasteiger partial charge in [-0.3, -0.25) is 14.5 Å². The number of β-amino-alcohol motifs (C(OH)–C–C–N with tert-alkyl or cyclic N) is 1. The number of hydrogen-bond acceptors (Lipinski definition) is 11. The van der Waals surface area contributed by atoms with Crippen molar-refractivity contribution in [3.8, 4) is 17.2 Å². The number of esters is 1. The molecule has 1 spiro atoms. The van der Waals surface area contributed by atoms with Crippen LogP contribution in [0.2, 0.25) is 0 Å². The zero-order chi connectivity index (χ0) is 42.2. The van der Waals surface area contributed by atoms with Crippen LogP contribution in [-0.2, 0) is 31.9 Å². The van der Waals surface area contributed by atoms with Crippen molar-refractivity contribution in [3.63, 3.8) is 0 Å². The number of rotatable bonds is 16. The first-order valence-electron chi connectivity index (χ1n) is 21.1. The Balaban J connectivity index is 1.30. The molecule has 0 aromatic heterocycles. The molecular formula is C47H64N2O9. The predicted octanol–water partition coefficient (Wildman–Crippen LogP) is 6.73. The van der Waals surface area contributed by atoms with Crippen molar-refractivity contribution in [1.82, 2.24) is 9.80 Å². The topological polar surface area (TPSA) is 146 Å². The van der Waals surface area contributed by atoms with Crippen molar-refractivity contribution in [3.05, 3.63) is 74.9 Å². The number of aliphatic hydroxyl groups excluding tert-OH is 1. The van der Waals surface area contributed by atoms with E-state index in [0.717, 1.165) is 56.7 Å². The van der Waals surface area contributed by atoms with Gasteiger partial charge in [0.1, 0.15) is 22.8 Å². The lowest BCUT2D eigenvalue weighted by Crippen LogP contribution is -2.72. The number of hydrogen-bond donors (Lipinski definition) is 3. The Morgan fingerprint density at radius 3 is 2.21 bits per heavy atom. The zero-order valence-electron chi connectivity index (χ0n) is 35.8. The predicted molar refractivity (Wildman–Crippen MR) is 223 cm³/mol. The summed E-state index contributed by atoms with van der Waals surface area (Å²) in [6.45, 7) is 21.0. The minimum absolute atomic E-state index is 0.00730. The van der Waals surface area contributed by atoms with Crippen LogP contribution >= 0.6 is 0 Å². The first-order chi connectivity index (χ1) is 27.5. The van der Waals surface area contributed by atoms with E-state index in [9.17, 15) is 29.7 Å². The van der Waals surface area contributed by atoms with Crippen molar-refractivity contribution >= 4 is 17.5 Å². The van der Waals surface area contributed by atoms with Crippen LogP contribution in [-0.4, -0.2) is 112 Å². The number of fused-ring (bicyclic) bond motifs is 1. The van der Waals surface area contributed by atoms with Crippen LogP contribution in [0.4, 0.5) is 0 Å². The number of aliphatic hydroxyl groups is 1. The highest BCUT2D eigenvalue weighted by molar-refractivity contribution is 6.18. The lowest BCUT2D eigenvalue weighted by Gasteiger charge is -2.56. The van der Waals surface area contributed by atoms with E-state index < -0.39 is 40.4 Å². The van der Waals surface area contributed by atoms with Gasteiger partial charge in [-0.2, -0.15) is 0 Å². The molecule has 6 aliphatic rings. The first-order valence-corrected chi connectivity index (χ1v) is 21.1. The van der Waals surface area contributed by atoms with Gasteiger partial charge in [0.05, 0.1) is 18.8 Å². The largest absolute Gasteiger partial charge is 0.507 e. The third-order valence-corrected chi connectivity index (χ3v) is 12.9. The molecule has 3 aliphatic heterocycles.